The largest absolute Gasteiger partial charge is 0.457 e. The molecule has 0 spiro atoms. The van der Waals surface area contributed by atoms with Gasteiger partial charge < -0.3 is 9.64 Å². The summed E-state index contributed by atoms with van der Waals surface area (Å²) in [5.74, 6) is 2.50. The van der Waals surface area contributed by atoms with Gasteiger partial charge in [0, 0.05) is 28.3 Å². The van der Waals surface area contributed by atoms with Crippen molar-refractivity contribution in [2.75, 3.05) is 4.90 Å². The number of ether oxygens (including phenoxy) is 1. The van der Waals surface area contributed by atoms with E-state index in [0.29, 0.717) is 0 Å². The topological polar surface area (TPSA) is 30.3 Å². The number of hydrogen-bond acceptors (Lipinski definition) is 3. The Labute approximate surface area is 274 Å². The number of benzene rings is 7. The van der Waals surface area contributed by atoms with E-state index in [1.54, 1.807) is 0 Å². The van der Waals surface area contributed by atoms with E-state index < -0.39 is 0 Å². The zero-order chi connectivity index (χ0) is 31.4. The maximum absolute atomic E-state index is 6.25. The van der Waals surface area contributed by atoms with Crippen molar-refractivity contribution >= 4 is 28.1 Å². The molecule has 47 heavy (non-hydrogen) atoms. The molecular formula is C43H31N3O. The fourth-order valence-electron chi connectivity index (χ4n) is 5.99. The predicted octanol–water partition coefficient (Wildman–Crippen LogP) is 11.6. The van der Waals surface area contributed by atoms with E-state index in [9.17, 15) is 0 Å². The summed E-state index contributed by atoms with van der Waals surface area (Å²) in [4.78, 5) is 7.24. The number of anilines is 3. The van der Waals surface area contributed by atoms with Gasteiger partial charge in [-0.25, -0.2) is 4.98 Å². The van der Waals surface area contributed by atoms with Crippen LogP contribution in [0, 0.1) is 0 Å². The van der Waals surface area contributed by atoms with Gasteiger partial charge in [-0.15, -0.1) is 0 Å². The molecule has 0 aliphatic rings. The molecule has 0 aliphatic carbocycles. The maximum Gasteiger partial charge on any atom is 0.145 e. The molecule has 7 aromatic carbocycles. The van der Waals surface area contributed by atoms with Crippen LogP contribution in [0.15, 0.2) is 188 Å². The number of rotatable bonds is 8. The second kappa shape index (κ2) is 12.5. The lowest BCUT2D eigenvalue weighted by Crippen LogP contribution is -2.09. The fourth-order valence-corrected chi connectivity index (χ4v) is 5.99. The Bertz CT molecular complexity index is 2190. The monoisotopic (exact) mass is 605 g/mol. The van der Waals surface area contributed by atoms with E-state index in [0.717, 1.165) is 67.8 Å². The quantitative estimate of drug-likeness (QED) is 0.173. The van der Waals surface area contributed by atoms with Gasteiger partial charge in [-0.05, 0) is 96.1 Å². The lowest BCUT2D eigenvalue weighted by molar-refractivity contribution is 0.483. The van der Waals surface area contributed by atoms with E-state index >= 15 is 0 Å². The third-order valence-electron chi connectivity index (χ3n) is 8.27. The van der Waals surface area contributed by atoms with E-state index in [2.05, 4.69) is 149 Å². The van der Waals surface area contributed by atoms with Gasteiger partial charge in [0.1, 0.15) is 17.3 Å². The van der Waals surface area contributed by atoms with Gasteiger partial charge in [0.15, 0.2) is 0 Å². The summed E-state index contributed by atoms with van der Waals surface area (Å²) in [5, 5.41) is 0. The number of para-hydroxylation sites is 5. The van der Waals surface area contributed by atoms with Gasteiger partial charge in [0.2, 0.25) is 0 Å². The molecule has 4 heteroatoms. The van der Waals surface area contributed by atoms with E-state index in [4.69, 9.17) is 9.72 Å². The van der Waals surface area contributed by atoms with Crippen molar-refractivity contribution in [3.05, 3.63) is 188 Å². The average molecular weight is 606 g/mol. The molecule has 0 aliphatic heterocycles. The highest BCUT2D eigenvalue weighted by atomic mass is 16.5. The highest BCUT2D eigenvalue weighted by molar-refractivity contribution is 5.84. The fraction of sp³-hybridized carbons (Fsp3) is 0. The molecule has 224 valence electrons. The zero-order valence-corrected chi connectivity index (χ0v) is 25.6. The van der Waals surface area contributed by atoms with Crippen LogP contribution in [0.1, 0.15) is 0 Å². The van der Waals surface area contributed by atoms with Crippen LogP contribution in [0.3, 0.4) is 0 Å². The van der Waals surface area contributed by atoms with Crippen molar-refractivity contribution in [2.24, 2.45) is 0 Å². The summed E-state index contributed by atoms with van der Waals surface area (Å²) in [6, 6.07) is 64.5. The third kappa shape index (κ3) is 5.76. The molecule has 1 heterocycles. The van der Waals surface area contributed by atoms with Crippen LogP contribution < -0.4 is 9.64 Å². The first-order valence-electron chi connectivity index (χ1n) is 15.7. The Kier molecular flexibility index (Phi) is 7.50. The standard InChI is InChI=1S/C43H31N3O/c1-4-12-35(13-5-1)45(36-14-6-2-7-15-36)38-26-30-40(31-27-38)47-39-28-24-33(25-29-39)32-20-22-34(23-21-32)43-44-41-18-10-11-19-42(41)46(43)37-16-8-3-9-17-37/h1-31H. The molecule has 0 unspecified atom stereocenters. The minimum absolute atomic E-state index is 0.785. The second-order valence-corrected chi connectivity index (χ2v) is 11.3. The van der Waals surface area contributed by atoms with E-state index in [1.807, 2.05) is 48.5 Å². The molecule has 0 N–H and O–H groups in total. The van der Waals surface area contributed by atoms with Crippen molar-refractivity contribution in [1.29, 1.82) is 0 Å². The Morgan fingerprint density at radius 3 is 1.45 bits per heavy atom. The minimum Gasteiger partial charge on any atom is -0.457 e. The molecule has 0 atom stereocenters. The predicted molar refractivity (Wildman–Crippen MR) is 193 cm³/mol. The van der Waals surface area contributed by atoms with Gasteiger partial charge in [-0.3, -0.25) is 4.57 Å². The molecule has 8 rings (SSSR count). The van der Waals surface area contributed by atoms with Crippen LogP contribution in [-0.4, -0.2) is 9.55 Å². The molecule has 1 aromatic heterocycles. The smallest absolute Gasteiger partial charge is 0.145 e. The van der Waals surface area contributed by atoms with Crippen molar-refractivity contribution in [1.82, 2.24) is 9.55 Å². The van der Waals surface area contributed by atoms with Crippen molar-refractivity contribution < 1.29 is 4.74 Å². The highest BCUT2D eigenvalue weighted by Crippen LogP contribution is 2.36. The van der Waals surface area contributed by atoms with Crippen LogP contribution in [0.4, 0.5) is 17.1 Å². The molecule has 0 bridgehead atoms. The number of fused-ring (bicyclic) bond motifs is 1. The molecule has 8 aromatic rings. The van der Waals surface area contributed by atoms with E-state index in [1.165, 1.54) is 0 Å². The Morgan fingerprint density at radius 2 is 0.851 bits per heavy atom. The van der Waals surface area contributed by atoms with Crippen molar-refractivity contribution in [3.63, 3.8) is 0 Å². The zero-order valence-electron chi connectivity index (χ0n) is 25.6. The summed E-state index contributed by atoms with van der Waals surface area (Å²) < 4.78 is 8.47. The molecule has 0 saturated carbocycles. The molecular weight excluding hydrogens is 574 g/mol. The lowest BCUT2D eigenvalue weighted by atomic mass is 10.0. The van der Waals surface area contributed by atoms with E-state index in [-0.39, 0.29) is 0 Å². The van der Waals surface area contributed by atoms with Crippen molar-refractivity contribution in [2.45, 2.75) is 0 Å². The highest BCUT2D eigenvalue weighted by Gasteiger charge is 2.15. The number of nitrogens with zero attached hydrogens (tertiary/aromatic N) is 3. The van der Waals surface area contributed by atoms with Gasteiger partial charge in [0.05, 0.1) is 11.0 Å². The minimum atomic E-state index is 0.785. The Hall–Kier alpha value is -6.39. The van der Waals surface area contributed by atoms with Crippen LogP contribution in [-0.2, 0) is 0 Å². The second-order valence-electron chi connectivity index (χ2n) is 11.3. The van der Waals surface area contributed by atoms with Gasteiger partial charge >= 0.3 is 0 Å². The summed E-state index contributed by atoms with van der Waals surface area (Å²) >= 11 is 0. The Balaban J connectivity index is 1.01. The molecule has 0 fully saturated rings. The van der Waals surface area contributed by atoms with Crippen LogP contribution in [0.25, 0.3) is 39.2 Å². The van der Waals surface area contributed by atoms with Gasteiger partial charge in [0.25, 0.3) is 0 Å². The number of aromatic nitrogens is 2. The van der Waals surface area contributed by atoms with Crippen LogP contribution in [0.5, 0.6) is 11.5 Å². The maximum atomic E-state index is 6.25. The molecule has 4 nitrogen and oxygen atoms in total. The number of hydrogen-bond donors (Lipinski definition) is 0. The molecule has 0 saturated heterocycles. The van der Waals surface area contributed by atoms with Crippen LogP contribution >= 0.6 is 0 Å². The molecule has 0 radical (unpaired) electrons. The normalized spacial score (nSPS) is 11.0. The molecule has 0 amide bonds. The first-order valence-corrected chi connectivity index (χ1v) is 15.7. The van der Waals surface area contributed by atoms with Crippen molar-refractivity contribution in [3.8, 4) is 39.7 Å². The van der Waals surface area contributed by atoms with Crippen LogP contribution in [0.2, 0.25) is 0 Å². The SMILES string of the molecule is c1ccc(N(c2ccccc2)c2ccc(Oc3ccc(-c4ccc(-c5nc6ccccc6n5-c5ccccc5)cc4)cc3)cc2)cc1. The van der Waals surface area contributed by atoms with Gasteiger partial charge in [-0.2, -0.15) is 0 Å². The third-order valence-corrected chi connectivity index (χ3v) is 8.27. The number of imidazole rings is 1. The summed E-state index contributed by atoms with van der Waals surface area (Å²) in [6.45, 7) is 0. The summed E-state index contributed by atoms with van der Waals surface area (Å²) in [5.41, 5.74) is 9.75. The summed E-state index contributed by atoms with van der Waals surface area (Å²) in [7, 11) is 0. The van der Waals surface area contributed by atoms with Gasteiger partial charge in [-0.1, -0.05) is 103 Å². The lowest BCUT2D eigenvalue weighted by Gasteiger charge is -2.25. The average Bonchev–Trinajstić information content (AvgIpc) is 3.54. The summed E-state index contributed by atoms with van der Waals surface area (Å²) in [6.07, 6.45) is 0. The first-order chi connectivity index (χ1) is 23.3. The Morgan fingerprint density at radius 1 is 0.404 bits per heavy atom. The first kappa shape index (κ1) is 28.1.